The lowest BCUT2D eigenvalue weighted by molar-refractivity contribution is 0.00690. The molecule has 0 bridgehead atoms. The van der Waals surface area contributed by atoms with Gasteiger partial charge in [0.1, 0.15) is 17.1 Å². The number of carbonyl (C=O) groups is 1. The van der Waals surface area contributed by atoms with Gasteiger partial charge in [0.2, 0.25) is 0 Å². The Bertz CT molecular complexity index is 567. The second-order valence-electron chi connectivity index (χ2n) is 4.83. The summed E-state index contributed by atoms with van der Waals surface area (Å²) < 4.78 is 6.93. The van der Waals surface area contributed by atoms with Gasteiger partial charge in [-0.05, 0) is 32.9 Å². The molecule has 2 rings (SSSR count). The van der Waals surface area contributed by atoms with Crippen molar-refractivity contribution in [3.05, 3.63) is 30.1 Å². The number of anilines is 1. The Labute approximate surface area is 99.2 Å². The van der Waals surface area contributed by atoms with Gasteiger partial charge >= 0.3 is 5.97 Å². The Kier molecular flexibility index (Phi) is 2.53. The van der Waals surface area contributed by atoms with Crippen LogP contribution in [0.4, 0.5) is 5.82 Å². The first-order valence-corrected chi connectivity index (χ1v) is 5.33. The summed E-state index contributed by atoms with van der Waals surface area (Å²) >= 11 is 0. The molecule has 5 heteroatoms. The number of fused-ring (bicyclic) bond motifs is 1. The van der Waals surface area contributed by atoms with E-state index in [-0.39, 0.29) is 5.97 Å². The predicted octanol–water partition coefficient (Wildman–Crippen LogP) is 1.87. The molecule has 2 aromatic rings. The highest BCUT2D eigenvalue weighted by Gasteiger charge is 2.18. The highest BCUT2D eigenvalue weighted by Crippen LogP contribution is 2.14. The number of rotatable bonds is 1. The fourth-order valence-corrected chi connectivity index (χ4v) is 1.46. The topological polar surface area (TPSA) is 69.6 Å². The van der Waals surface area contributed by atoms with Crippen LogP contribution in [0.15, 0.2) is 24.5 Å². The molecule has 0 spiro atoms. The summed E-state index contributed by atoms with van der Waals surface area (Å²) in [4.78, 5) is 15.9. The van der Waals surface area contributed by atoms with Gasteiger partial charge in [-0.1, -0.05) is 0 Å². The molecule has 0 radical (unpaired) electrons. The summed E-state index contributed by atoms with van der Waals surface area (Å²) in [6, 6.07) is 3.41. The summed E-state index contributed by atoms with van der Waals surface area (Å²) in [6.07, 6.45) is 3.18. The van der Waals surface area contributed by atoms with Crippen LogP contribution in [0, 0.1) is 0 Å². The maximum Gasteiger partial charge on any atom is 0.340 e. The van der Waals surface area contributed by atoms with Crippen molar-refractivity contribution in [1.29, 1.82) is 0 Å². The number of carbonyl (C=O) groups excluding carboxylic acids is 1. The van der Waals surface area contributed by atoms with Crippen molar-refractivity contribution in [2.45, 2.75) is 26.4 Å². The lowest BCUT2D eigenvalue weighted by atomic mass is 10.2. The van der Waals surface area contributed by atoms with Crippen molar-refractivity contribution >= 4 is 17.4 Å². The Hall–Kier alpha value is -2.04. The van der Waals surface area contributed by atoms with Crippen LogP contribution in [0.25, 0.3) is 5.65 Å². The summed E-state index contributed by atoms with van der Waals surface area (Å²) in [5.41, 5.74) is 6.37. The molecule has 17 heavy (non-hydrogen) atoms. The Morgan fingerprint density at radius 2 is 2.12 bits per heavy atom. The molecule has 0 aliphatic rings. The predicted molar refractivity (Wildman–Crippen MR) is 64.8 cm³/mol. The summed E-state index contributed by atoms with van der Waals surface area (Å²) in [5.74, 6) is 0.123. The minimum Gasteiger partial charge on any atom is -0.456 e. The SMILES string of the molecule is CC(C)(C)OC(=O)c1ccc2ncc(N)n2c1. The summed E-state index contributed by atoms with van der Waals surface area (Å²) in [6.45, 7) is 5.49. The average molecular weight is 233 g/mol. The van der Waals surface area contributed by atoms with E-state index in [1.807, 2.05) is 20.8 Å². The van der Waals surface area contributed by atoms with Gasteiger partial charge in [-0.25, -0.2) is 9.78 Å². The van der Waals surface area contributed by atoms with Crippen LogP contribution in [0.1, 0.15) is 31.1 Å². The number of pyridine rings is 1. The summed E-state index contributed by atoms with van der Waals surface area (Å²) in [5, 5.41) is 0. The highest BCUT2D eigenvalue weighted by molar-refractivity contribution is 5.89. The number of aromatic nitrogens is 2. The number of esters is 1. The minimum atomic E-state index is -0.507. The molecule has 2 heterocycles. The molecular formula is C12H15N3O2. The van der Waals surface area contributed by atoms with E-state index in [4.69, 9.17) is 10.5 Å². The van der Waals surface area contributed by atoms with Gasteiger partial charge in [-0.3, -0.25) is 4.40 Å². The third-order valence-electron chi connectivity index (χ3n) is 2.17. The molecule has 0 saturated carbocycles. The van der Waals surface area contributed by atoms with E-state index in [0.29, 0.717) is 17.0 Å². The van der Waals surface area contributed by atoms with Crippen LogP contribution in [-0.4, -0.2) is 21.0 Å². The smallest absolute Gasteiger partial charge is 0.340 e. The molecule has 5 nitrogen and oxygen atoms in total. The van der Waals surface area contributed by atoms with Crippen LogP contribution < -0.4 is 5.73 Å². The monoisotopic (exact) mass is 233 g/mol. The van der Waals surface area contributed by atoms with E-state index in [1.165, 1.54) is 0 Å². The lowest BCUT2D eigenvalue weighted by Crippen LogP contribution is -2.24. The normalized spacial score (nSPS) is 11.7. The molecule has 0 fully saturated rings. The first kappa shape index (κ1) is 11.4. The maximum atomic E-state index is 11.8. The molecular weight excluding hydrogens is 218 g/mol. The number of hydrogen-bond donors (Lipinski definition) is 1. The fraction of sp³-hybridized carbons (Fsp3) is 0.333. The van der Waals surface area contributed by atoms with Gasteiger partial charge in [0.05, 0.1) is 11.8 Å². The third-order valence-corrected chi connectivity index (χ3v) is 2.17. The van der Waals surface area contributed by atoms with E-state index in [1.54, 1.807) is 28.9 Å². The second-order valence-corrected chi connectivity index (χ2v) is 4.83. The van der Waals surface area contributed by atoms with Crippen molar-refractivity contribution in [1.82, 2.24) is 9.38 Å². The van der Waals surface area contributed by atoms with Gasteiger partial charge in [-0.2, -0.15) is 0 Å². The van der Waals surface area contributed by atoms with E-state index < -0.39 is 5.60 Å². The van der Waals surface area contributed by atoms with Crippen LogP contribution in [0.2, 0.25) is 0 Å². The molecule has 2 aromatic heterocycles. The maximum absolute atomic E-state index is 11.8. The molecule has 0 amide bonds. The molecule has 0 atom stereocenters. The molecule has 0 aliphatic heterocycles. The first-order chi connectivity index (χ1) is 7.87. The van der Waals surface area contributed by atoms with Crippen molar-refractivity contribution in [3.8, 4) is 0 Å². The fourth-order valence-electron chi connectivity index (χ4n) is 1.46. The first-order valence-electron chi connectivity index (χ1n) is 5.33. The standard InChI is InChI=1S/C12H15N3O2/c1-12(2,3)17-11(16)8-4-5-10-14-6-9(13)15(10)7-8/h4-7H,13H2,1-3H3. The van der Waals surface area contributed by atoms with E-state index >= 15 is 0 Å². The third kappa shape index (κ3) is 2.38. The lowest BCUT2D eigenvalue weighted by Gasteiger charge is -2.19. The molecule has 0 saturated heterocycles. The second kappa shape index (κ2) is 3.76. The Morgan fingerprint density at radius 3 is 2.76 bits per heavy atom. The molecule has 0 unspecified atom stereocenters. The van der Waals surface area contributed by atoms with Crippen molar-refractivity contribution in [3.63, 3.8) is 0 Å². The largest absolute Gasteiger partial charge is 0.456 e. The zero-order valence-corrected chi connectivity index (χ0v) is 10.1. The van der Waals surface area contributed by atoms with Gasteiger partial charge in [0.25, 0.3) is 0 Å². The molecule has 2 N–H and O–H groups in total. The van der Waals surface area contributed by atoms with E-state index in [2.05, 4.69) is 4.98 Å². The quantitative estimate of drug-likeness (QED) is 0.763. The Balaban J connectivity index is 2.36. The van der Waals surface area contributed by atoms with E-state index in [0.717, 1.165) is 0 Å². The van der Waals surface area contributed by atoms with Crippen LogP contribution in [0.3, 0.4) is 0 Å². The average Bonchev–Trinajstić information content (AvgIpc) is 2.57. The van der Waals surface area contributed by atoms with E-state index in [9.17, 15) is 4.79 Å². The van der Waals surface area contributed by atoms with Crippen molar-refractivity contribution in [2.24, 2.45) is 0 Å². The van der Waals surface area contributed by atoms with Gasteiger partial charge in [0.15, 0.2) is 0 Å². The number of hydrogen-bond acceptors (Lipinski definition) is 4. The molecule has 90 valence electrons. The van der Waals surface area contributed by atoms with Gasteiger partial charge in [-0.15, -0.1) is 0 Å². The van der Waals surface area contributed by atoms with Crippen molar-refractivity contribution < 1.29 is 9.53 Å². The molecule has 0 aromatic carbocycles. The molecule has 0 aliphatic carbocycles. The number of ether oxygens (including phenoxy) is 1. The number of imidazole rings is 1. The Morgan fingerprint density at radius 1 is 1.41 bits per heavy atom. The van der Waals surface area contributed by atoms with Crippen LogP contribution in [0.5, 0.6) is 0 Å². The number of nitrogens with zero attached hydrogens (tertiary/aromatic N) is 2. The van der Waals surface area contributed by atoms with Gasteiger partial charge in [0, 0.05) is 6.20 Å². The van der Waals surface area contributed by atoms with Gasteiger partial charge < -0.3 is 10.5 Å². The zero-order chi connectivity index (χ0) is 12.6. The zero-order valence-electron chi connectivity index (χ0n) is 10.1. The highest BCUT2D eigenvalue weighted by atomic mass is 16.6. The van der Waals surface area contributed by atoms with Crippen LogP contribution in [-0.2, 0) is 4.74 Å². The van der Waals surface area contributed by atoms with Crippen LogP contribution >= 0.6 is 0 Å². The number of nitrogens with two attached hydrogens (primary N) is 1. The summed E-state index contributed by atoms with van der Waals surface area (Å²) in [7, 11) is 0. The number of nitrogen functional groups attached to an aromatic ring is 1. The van der Waals surface area contributed by atoms with Crippen molar-refractivity contribution in [2.75, 3.05) is 5.73 Å². The minimum absolute atomic E-state index is 0.368.